The van der Waals surface area contributed by atoms with Gasteiger partial charge in [-0.05, 0) is 0 Å². The number of carbonyl (C=O) groups is 1. The lowest BCUT2D eigenvalue weighted by atomic mass is 10.3. The third kappa shape index (κ3) is 3.51. The van der Waals surface area contributed by atoms with E-state index in [-0.39, 0.29) is 12.5 Å². The third-order valence-electron chi connectivity index (χ3n) is 2.16. The number of rotatable bonds is 2. The maximum atomic E-state index is 11.8. The van der Waals surface area contributed by atoms with Gasteiger partial charge < -0.3 is 15.2 Å². The molecule has 0 spiro atoms. The number of hydrogen-bond donors (Lipinski definition) is 2. The molecule has 1 atom stereocenters. The summed E-state index contributed by atoms with van der Waals surface area (Å²) in [7, 11) is 0. The van der Waals surface area contributed by atoms with Gasteiger partial charge in [0.1, 0.15) is 0 Å². The Morgan fingerprint density at radius 2 is 2.56 bits per heavy atom. The number of amides is 1. The highest BCUT2D eigenvalue weighted by Crippen LogP contribution is 2.17. The zero-order chi connectivity index (χ0) is 12.8. The highest BCUT2D eigenvalue weighted by Gasteiger charge is 2.23. The van der Waals surface area contributed by atoms with Crippen LogP contribution in [0.4, 0.5) is 5.13 Å². The van der Waals surface area contributed by atoms with Crippen molar-refractivity contribution in [3.8, 4) is 11.8 Å². The third-order valence-corrected chi connectivity index (χ3v) is 2.99. The minimum Gasteiger partial charge on any atom is -0.376 e. The highest BCUT2D eigenvalue weighted by atomic mass is 32.1. The van der Waals surface area contributed by atoms with Crippen LogP contribution in [0.2, 0.25) is 0 Å². The van der Waals surface area contributed by atoms with Gasteiger partial charge in [0.15, 0.2) is 11.2 Å². The van der Waals surface area contributed by atoms with Crippen LogP contribution in [0.5, 0.6) is 0 Å². The van der Waals surface area contributed by atoms with Crippen molar-refractivity contribution in [2.24, 2.45) is 5.73 Å². The minimum absolute atomic E-state index is 0.248. The number of ether oxygens (including phenoxy) is 2. The number of nitrogens with two attached hydrogens (primary N) is 1. The van der Waals surface area contributed by atoms with Crippen LogP contribution in [0.3, 0.4) is 0 Å². The molecule has 6 nitrogen and oxygen atoms in total. The SMILES string of the molecule is NCC#Cc1cnc(NC(=O)C2COCCO2)s1. The molecule has 3 N–H and O–H groups in total. The first kappa shape index (κ1) is 13.0. The molecular formula is C11H13N3O3S. The summed E-state index contributed by atoms with van der Waals surface area (Å²) in [4.78, 5) is 16.6. The van der Waals surface area contributed by atoms with Crippen molar-refractivity contribution in [2.75, 3.05) is 31.7 Å². The predicted octanol–water partition coefficient (Wildman–Crippen LogP) is -0.193. The molecule has 1 fully saturated rings. The Morgan fingerprint density at radius 1 is 1.67 bits per heavy atom. The van der Waals surface area contributed by atoms with Crippen molar-refractivity contribution in [3.63, 3.8) is 0 Å². The van der Waals surface area contributed by atoms with Crippen molar-refractivity contribution < 1.29 is 14.3 Å². The van der Waals surface area contributed by atoms with E-state index < -0.39 is 6.10 Å². The molecule has 7 heteroatoms. The van der Waals surface area contributed by atoms with Gasteiger partial charge in [0.05, 0.1) is 37.4 Å². The molecule has 18 heavy (non-hydrogen) atoms. The summed E-state index contributed by atoms with van der Waals surface area (Å²) in [6, 6.07) is 0. The molecule has 1 aliphatic heterocycles. The van der Waals surface area contributed by atoms with E-state index in [2.05, 4.69) is 22.1 Å². The van der Waals surface area contributed by atoms with E-state index in [4.69, 9.17) is 15.2 Å². The molecule has 0 bridgehead atoms. The van der Waals surface area contributed by atoms with E-state index in [1.165, 1.54) is 11.3 Å². The molecule has 1 unspecified atom stereocenters. The van der Waals surface area contributed by atoms with Crippen molar-refractivity contribution in [1.29, 1.82) is 0 Å². The number of aromatic nitrogens is 1. The van der Waals surface area contributed by atoms with Gasteiger partial charge in [-0.2, -0.15) is 0 Å². The summed E-state index contributed by atoms with van der Waals surface area (Å²) in [5.41, 5.74) is 5.27. The maximum absolute atomic E-state index is 11.8. The van der Waals surface area contributed by atoms with Crippen LogP contribution >= 0.6 is 11.3 Å². The molecule has 2 heterocycles. The average Bonchev–Trinajstić information content (AvgIpc) is 2.85. The average molecular weight is 267 g/mol. The van der Waals surface area contributed by atoms with Gasteiger partial charge in [-0.25, -0.2) is 4.98 Å². The standard InChI is InChI=1S/C11H13N3O3S/c12-3-1-2-8-6-13-11(18-8)14-10(15)9-7-16-4-5-17-9/h6,9H,3-5,7,12H2,(H,13,14,15). The van der Waals surface area contributed by atoms with E-state index in [0.717, 1.165) is 4.88 Å². The molecule has 1 aromatic rings. The topological polar surface area (TPSA) is 86.5 Å². The first-order valence-corrected chi connectivity index (χ1v) is 6.26. The Labute approximate surface area is 108 Å². The zero-order valence-corrected chi connectivity index (χ0v) is 10.5. The molecule has 0 aliphatic carbocycles. The lowest BCUT2D eigenvalue weighted by Gasteiger charge is -2.21. The second-order valence-corrected chi connectivity index (χ2v) is 4.49. The van der Waals surface area contributed by atoms with E-state index >= 15 is 0 Å². The Bertz CT molecular complexity index is 471. The summed E-state index contributed by atoms with van der Waals surface area (Å²) in [5.74, 6) is 5.33. The summed E-state index contributed by atoms with van der Waals surface area (Å²) in [5, 5.41) is 3.17. The number of thiazole rings is 1. The van der Waals surface area contributed by atoms with Crippen LogP contribution in [0, 0.1) is 11.8 Å². The monoisotopic (exact) mass is 267 g/mol. The Balaban J connectivity index is 1.92. The van der Waals surface area contributed by atoms with Crippen LogP contribution in [0.1, 0.15) is 4.88 Å². The lowest BCUT2D eigenvalue weighted by molar-refractivity contribution is -0.142. The van der Waals surface area contributed by atoms with Gasteiger partial charge in [0.2, 0.25) is 0 Å². The van der Waals surface area contributed by atoms with Gasteiger partial charge in [-0.1, -0.05) is 23.2 Å². The first-order chi connectivity index (χ1) is 8.79. The summed E-state index contributed by atoms with van der Waals surface area (Å²) >= 11 is 1.30. The van der Waals surface area contributed by atoms with E-state index in [9.17, 15) is 4.79 Å². The normalized spacial score (nSPS) is 18.8. The summed E-state index contributed by atoms with van der Waals surface area (Å²) in [6.07, 6.45) is 1.03. The quantitative estimate of drug-likeness (QED) is 0.725. The molecule has 1 aromatic heterocycles. The van der Waals surface area contributed by atoms with E-state index in [1.54, 1.807) is 6.20 Å². The first-order valence-electron chi connectivity index (χ1n) is 5.44. The molecule has 1 saturated heterocycles. The van der Waals surface area contributed by atoms with E-state index in [1.807, 2.05) is 0 Å². The van der Waals surface area contributed by atoms with Crippen molar-refractivity contribution in [1.82, 2.24) is 4.98 Å². The number of carbonyl (C=O) groups excluding carboxylic acids is 1. The van der Waals surface area contributed by atoms with Gasteiger partial charge in [0.25, 0.3) is 5.91 Å². The van der Waals surface area contributed by atoms with Crippen LogP contribution in [-0.4, -0.2) is 43.4 Å². The fraction of sp³-hybridized carbons (Fsp3) is 0.455. The minimum atomic E-state index is -0.568. The van der Waals surface area contributed by atoms with Crippen LogP contribution in [0.15, 0.2) is 6.20 Å². The summed E-state index contributed by atoms with van der Waals surface area (Å²) < 4.78 is 10.4. The van der Waals surface area contributed by atoms with Crippen molar-refractivity contribution >= 4 is 22.4 Å². The molecule has 0 saturated carbocycles. The van der Waals surface area contributed by atoms with Crippen LogP contribution < -0.4 is 11.1 Å². The number of nitrogens with one attached hydrogen (secondary N) is 1. The highest BCUT2D eigenvalue weighted by molar-refractivity contribution is 7.16. The van der Waals surface area contributed by atoms with E-state index in [0.29, 0.717) is 24.9 Å². The molecule has 0 aromatic carbocycles. The maximum Gasteiger partial charge on any atom is 0.257 e. The predicted molar refractivity (Wildman–Crippen MR) is 67.2 cm³/mol. The molecular weight excluding hydrogens is 254 g/mol. The van der Waals surface area contributed by atoms with Gasteiger partial charge in [0, 0.05) is 0 Å². The lowest BCUT2D eigenvalue weighted by Crippen LogP contribution is -2.39. The second kappa shape index (κ2) is 6.47. The second-order valence-electron chi connectivity index (χ2n) is 3.46. The Hall–Kier alpha value is -1.46. The number of hydrogen-bond acceptors (Lipinski definition) is 6. The Morgan fingerprint density at radius 3 is 3.28 bits per heavy atom. The number of nitrogens with zero attached hydrogens (tertiary/aromatic N) is 1. The van der Waals surface area contributed by atoms with Crippen molar-refractivity contribution in [3.05, 3.63) is 11.1 Å². The fourth-order valence-electron chi connectivity index (χ4n) is 1.35. The molecule has 2 rings (SSSR count). The Kier molecular flexibility index (Phi) is 4.66. The molecule has 1 aliphatic rings. The zero-order valence-electron chi connectivity index (χ0n) is 9.64. The molecule has 1 amide bonds. The van der Waals surface area contributed by atoms with Crippen LogP contribution in [-0.2, 0) is 14.3 Å². The number of anilines is 1. The summed E-state index contributed by atoms with van der Waals surface area (Å²) in [6.45, 7) is 1.53. The van der Waals surface area contributed by atoms with Gasteiger partial charge >= 0.3 is 0 Å². The smallest absolute Gasteiger partial charge is 0.257 e. The van der Waals surface area contributed by atoms with Crippen LogP contribution in [0.25, 0.3) is 0 Å². The fourth-order valence-corrected chi connectivity index (χ4v) is 2.05. The van der Waals surface area contributed by atoms with Gasteiger partial charge in [-0.3, -0.25) is 10.1 Å². The largest absolute Gasteiger partial charge is 0.376 e. The van der Waals surface area contributed by atoms with Crippen molar-refractivity contribution in [2.45, 2.75) is 6.10 Å². The molecule has 0 radical (unpaired) electrons. The van der Waals surface area contributed by atoms with Gasteiger partial charge in [-0.15, -0.1) is 0 Å². The molecule has 96 valence electrons.